The summed E-state index contributed by atoms with van der Waals surface area (Å²) in [6, 6.07) is 3.77. The van der Waals surface area contributed by atoms with Crippen LogP contribution in [0.4, 0.5) is 5.88 Å². The van der Waals surface area contributed by atoms with Crippen molar-refractivity contribution in [3.63, 3.8) is 0 Å². The Kier molecular flexibility index (Phi) is 2.72. The summed E-state index contributed by atoms with van der Waals surface area (Å²) >= 11 is 0. The SMILES string of the molecule is Cc1cc(NS(=O)(=O)c2ccc(=O)[nH]c2)on1. The smallest absolute Gasteiger partial charge is 0.265 e. The molecule has 2 N–H and O–H groups in total. The average molecular weight is 255 g/mol. The van der Waals surface area contributed by atoms with Gasteiger partial charge in [0.25, 0.3) is 10.0 Å². The number of aromatic amines is 1. The number of rotatable bonds is 3. The van der Waals surface area contributed by atoms with E-state index in [9.17, 15) is 13.2 Å². The summed E-state index contributed by atoms with van der Waals surface area (Å²) in [5.74, 6) is 0.0219. The van der Waals surface area contributed by atoms with E-state index in [1.54, 1.807) is 6.92 Å². The van der Waals surface area contributed by atoms with Gasteiger partial charge in [-0.3, -0.25) is 4.79 Å². The Labute approximate surface area is 96.5 Å². The predicted octanol–water partition coefficient (Wildman–Crippen LogP) is 0.472. The van der Waals surface area contributed by atoms with Crippen molar-refractivity contribution in [2.45, 2.75) is 11.8 Å². The molecule has 0 bridgehead atoms. The molecule has 0 atom stereocenters. The average Bonchev–Trinajstić information content (AvgIpc) is 2.63. The molecule has 0 unspecified atom stereocenters. The van der Waals surface area contributed by atoms with Crippen molar-refractivity contribution >= 4 is 15.9 Å². The highest BCUT2D eigenvalue weighted by Crippen LogP contribution is 2.14. The minimum absolute atomic E-state index is 0.0219. The molecule has 2 rings (SSSR count). The molecular weight excluding hydrogens is 246 g/mol. The number of nitrogens with one attached hydrogen (secondary N) is 2. The lowest BCUT2D eigenvalue weighted by atomic mass is 10.5. The summed E-state index contributed by atoms with van der Waals surface area (Å²) in [5, 5.41) is 3.55. The van der Waals surface area contributed by atoms with Crippen LogP contribution in [0.25, 0.3) is 0 Å². The van der Waals surface area contributed by atoms with Gasteiger partial charge < -0.3 is 9.51 Å². The van der Waals surface area contributed by atoms with Crippen LogP contribution in [-0.2, 0) is 10.0 Å². The van der Waals surface area contributed by atoms with E-state index in [2.05, 4.69) is 14.9 Å². The fourth-order valence-electron chi connectivity index (χ4n) is 1.17. The molecule has 2 heterocycles. The molecule has 0 aliphatic carbocycles. The van der Waals surface area contributed by atoms with Gasteiger partial charge in [0.2, 0.25) is 11.4 Å². The van der Waals surface area contributed by atoms with E-state index >= 15 is 0 Å². The first-order chi connectivity index (χ1) is 7.97. The quantitative estimate of drug-likeness (QED) is 0.829. The molecule has 0 fully saturated rings. The van der Waals surface area contributed by atoms with Gasteiger partial charge in [-0.25, -0.2) is 13.1 Å². The third-order valence-corrected chi connectivity index (χ3v) is 3.27. The molecule has 0 aliphatic rings. The van der Waals surface area contributed by atoms with Gasteiger partial charge in [-0.05, 0) is 13.0 Å². The second kappa shape index (κ2) is 4.06. The molecule has 2 aromatic heterocycles. The standard InChI is InChI=1S/C9H9N3O4S/c1-6-4-9(16-11-6)12-17(14,15)7-2-3-8(13)10-5-7/h2-5,12H,1H3,(H,10,13). The van der Waals surface area contributed by atoms with E-state index in [1.165, 1.54) is 12.1 Å². The van der Waals surface area contributed by atoms with Crippen LogP contribution in [0.1, 0.15) is 5.69 Å². The number of sulfonamides is 1. The van der Waals surface area contributed by atoms with Gasteiger partial charge in [0.1, 0.15) is 4.90 Å². The highest BCUT2D eigenvalue weighted by atomic mass is 32.2. The molecule has 7 nitrogen and oxygen atoms in total. The van der Waals surface area contributed by atoms with Crippen LogP contribution in [0.5, 0.6) is 0 Å². The van der Waals surface area contributed by atoms with Crippen LogP contribution in [0, 0.1) is 6.92 Å². The van der Waals surface area contributed by atoms with Gasteiger partial charge in [0.05, 0.1) is 5.69 Å². The normalized spacial score (nSPS) is 11.4. The summed E-state index contributed by atoms with van der Waals surface area (Å²) in [6.45, 7) is 1.67. The van der Waals surface area contributed by atoms with Crippen LogP contribution in [0.2, 0.25) is 0 Å². The van der Waals surface area contributed by atoms with E-state index < -0.39 is 10.0 Å². The Morgan fingerprint density at radius 1 is 1.41 bits per heavy atom. The third kappa shape index (κ3) is 2.53. The minimum atomic E-state index is -3.77. The van der Waals surface area contributed by atoms with Crippen molar-refractivity contribution in [2.24, 2.45) is 0 Å². The lowest BCUT2D eigenvalue weighted by Crippen LogP contribution is -2.14. The zero-order valence-corrected chi connectivity index (χ0v) is 9.61. The Hall–Kier alpha value is -2.09. The lowest BCUT2D eigenvalue weighted by Gasteiger charge is -2.03. The third-order valence-electron chi connectivity index (χ3n) is 1.93. The zero-order valence-electron chi connectivity index (χ0n) is 8.80. The van der Waals surface area contributed by atoms with Crippen molar-refractivity contribution in [3.8, 4) is 0 Å². The number of nitrogens with zero attached hydrogens (tertiary/aromatic N) is 1. The molecule has 0 spiro atoms. The minimum Gasteiger partial charge on any atom is -0.338 e. The summed E-state index contributed by atoms with van der Waals surface area (Å²) in [5.41, 5.74) is 0.184. The van der Waals surface area contributed by atoms with Gasteiger partial charge in [0, 0.05) is 18.3 Å². The van der Waals surface area contributed by atoms with Crippen molar-refractivity contribution in [1.82, 2.24) is 10.1 Å². The molecule has 0 saturated carbocycles. The molecule has 17 heavy (non-hydrogen) atoms. The molecule has 0 saturated heterocycles. The zero-order chi connectivity index (χ0) is 12.5. The summed E-state index contributed by atoms with van der Waals surface area (Å²) in [4.78, 5) is 13.0. The number of H-pyrrole nitrogens is 1. The summed E-state index contributed by atoms with van der Waals surface area (Å²) < 4.78 is 30.5. The Balaban J connectivity index is 2.31. The maximum absolute atomic E-state index is 11.8. The van der Waals surface area contributed by atoms with Gasteiger partial charge in [-0.2, -0.15) is 0 Å². The van der Waals surface area contributed by atoms with Gasteiger partial charge in [-0.15, -0.1) is 0 Å². The summed E-state index contributed by atoms with van der Waals surface area (Å²) in [7, 11) is -3.77. The maximum atomic E-state index is 11.8. The number of aromatic nitrogens is 2. The molecule has 0 aliphatic heterocycles. The van der Waals surface area contributed by atoms with Gasteiger partial charge in [-0.1, -0.05) is 5.16 Å². The number of hydrogen-bond acceptors (Lipinski definition) is 5. The van der Waals surface area contributed by atoms with Gasteiger partial charge >= 0.3 is 0 Å². The van der Waals surface area contributed by atoms with Crippen LogP contribution < -0.4 is 10.3 Å². The largest absolute Gasteiger partial charge is 0.338 e. The van der Waals surface area contributed by atoms with Crippen LogP contribution in [0.15, 0.2) is 38.6 Å². The Bertz CT molecular complexity index is 666. The van der Waals surface area contributed by atoms with Gasteiger partial charge in [0.15, 0.2) is 0 Å². The molecule has 8 heteroatoms. The first kappa shape index (κ1) is 11.4. The molecule has 0 radical (unpaired) electrons. The molecule has 90 valence electrons. The molecule has 2 aromatic rings. The topological polar surface area (TPSA) is 105 Å². The van der Waals surface area contributed by atoms with E-state index in [-0.39, 0.29) is 16.3 Å². The second-order valence-electron chi connectivity index (χ2n) is 3.33. The number of hydrogen-bond donors (Lipinski definition) is 2. The van der Waals surface area contributed by atoms with E-state index in [4.69, 9.17) is 4.52 Å². The van der Waals surface area contributed by atoms with Crippen LogP contribution in [-0.4, -0.2) is 18.6 Å². The maximum Gasteiger partial charge on any atom is 0.265 e. The number of aryl methyl sites for hydroxylation is 1. The second-order valence-corrected chi connectivity index (χ2v) is 5.01. The fraction of sp³-hybridized carbons (Fsp3) is 0.111. The summed E-state index contributed by atoms with van der Waals surface area (Å²) in [6.07, 6.45) is 1.11. The number of anilines is 1. The predicted molar refractivity (Wildman–Crippen MR) is 59.1 cm³/mol. The van der Waals surface area contributed by atoms with E-state index in [0.717, 1.165) is 12.3 Å². The van der Waals surface area contributed by atoms with Crippen LogP contribution >= 0.6 is 0 Å². The van der Waals surface area contributed by atoms with Crippen molar-refractivity contribution in [1.29, 1.82) is 0 Å². The fourth-order valence-corrected chi connectivity index (χ4v) is 2.11. The first-order valence-corrected chi connectivity index (χ1v) is 6.10. The Morgan fingerprint density at radius 2 is 2.18 bits per heavy atom. The van der Waals surface area contributed by atoms with Crippen molar-refractivity contribution < 1.29 is 12.9 Å². The van der Waals surface area contributed by atoms with Crippen molar-refractivity contribution in [3.05, 3.63) is 40.4 Å². The molecular formula is C9H9N3O4S. The Morgan fingerprint density at radius 3 is 2.71 bits per heavy atom. The number of pyridine rings is 1. The first-order valence-electron chi connectivity index (χ1n) is 4.62. The van der Waals surface area contributed by atoms with Crippen LogP contribution in [0.3, 0.4) is 0 Å². The molecule has 0 amide bonds. The van der Waals surface area contributed by atoms with E-state index in [0.29, 0.717) is 5.69 Å². The lowest BCUT2D eigenvalue weighted by molar-refractivity contribution is 0.430. The van der Waals surface area contributed by atoms with Crippen molar-refractivity contribution in [2.75, 3.05) is 4.72 Å². The van der Waals surface area contributed by atoms with E-state index in [1.807, 2.05) is 0 Å². The highest BCUT2D eigenvalue weighted by molar-refractivity contribution is 7.92. The molecule has 0 aromatic carbocycles. The monoisotopic (exact) mass is 255 g/mol. The highest BCUT2D eigenvalue weighted by Gasteiger charge is 2.16.